The van der Waals surface area contributed by atoms with Gasteiger partial charge >= 0.3 is 0 Å². The largest absolute Gasteiger partial charge is 0.0859 e. The summed E-state index contributed by atoms with van der Waals surface area (Å²) in [6.45, 7) is 9.02. The first-order chi connectivity index (χ1) is 6.16. The zero-order chi connectivity index (χ0) is 10.1. The summed E-state index contributed by atoms with van der Waals surface area (Å²) in [4.78, 5) is 0. The molecule has 1 atom stereocenters. The Hall–Kier alpha value is -0.260. The fourth-order valence-electron chi connectivity index (χ4n) is 1.55. The number of rotatable bonds is 7. The van der Waals surface area contributed by atoms with Crippen LogP contribution >= 0.6 is 0 Å². The predicted octanol–water partition coefficient (Wildman–Crippen LogP) is 4.95. The van der Waals surface area contributed by atoms with Gasteiger partial charge in [-0.25, -0.2) is 0 Å². The fourth-order valence-corrected chi connectivity index (χ4v) is 1.55. The van der Waals surface area contributed by atoms with E-state index in [2.05, 4.69) is 33.8 Å². The first-order valence-corrected chi connectivity index (χ1v) is 5.80. The maximum Gasteiger partial charge on any atom is -0.0348 e. The third-order valence-corrected chi connectivity index (χ3v) is 2.50. The first-order valence-electron chi connectivity index (χ1n) is 5.80. The van der Waals surface area contributed by atoms with Gasteiger partial charge in [-0.05, 0) is 32.6 Å². The van der Waals surface area contributed by atoms with E-state index < -0.39 is 0 Å². The van der Waals surface area contributed by atoms with Crippen LogP contribution in [0.25, 0.3) is 0 Å². The highest BCUT2D eigenvalue weighted by molar-refractivity contribution is 4.92. The van der Waals surface area contributed by atoms with Crippen LogP contribution in [0.3, 0.4) is 0 Å². The van der Waals surface area contributed by atoms with Crippen molar-refractivity contribution in [2.24, 2.45) is 5.92 Å². The lowest BCUT2D eigenvalue weighted by Gasteiger charge is -2.08. The van der Waals surface area contributed by atoms with Crippen LogP contribution in [-0.4, -0.2) is 0 Å². The molecule has 13 heavy (non-hydrogen) atoms. The van der Waals surface area contributed by atoms with Gasteiger partial charge in [0.1, 0.15) is 0 Å². The van der Waals surface area contributed by atoms with Crippen molar-refractivity contribution in [2.45, 2.75) is 66.2 Å². The molecule has 0 rings (SSSR count). The van der Waals surface area contributed by atoms with E-state index in [4.69, 9.17) is 0 Å². The van der Waals surface area contributed by atoms with E-state index in [1.165, 1.54) is 44.1 Å². The monoisotopic (exact) mass is 182 g/mol. The third kappa shape index (κ3) is 9.66. The number of hydrogen-bond donors (Lipinski definition) is 0. The molecule has 0 saturated heterocycles. The van der Waals surface area contributed by atoms with Crippen molar-refractivity contribution in [3.8, 4) is 0 Å². The molecule has 0 heteroatoms. The quantitative estimate of drug-likeness (QED) is 0.386. The molecule has 0 bridgehead atoms. The van der Waals surface area contributed by atoms with E-state index in [-0.39, 0.29) is 0 Å². The summed E-state index contributed by atoms with van der Waals surface area (Å²) >= 11 is 0. The van der Waals surface area contributed by atoms with Crippen molar-refractivity contribution in [2.75, 3.05) is 0 Å². The minimum atomic E-state index is 0.936. The van der Waals surface area contributed by atoms with Gasteiger partial charge in [-0.3, -0.25) is 0 Å². The van der Waals surface area contributed by atoms with Gasteiger partial charge in [0.25, 0.3) is 0 Å². The van der Waals surface area contributed by atoms with E-state index >= 15 is 0 Å². The molecule has 0 heterocycles. The Kier molecular flexibility index (Phi) is 8.18. The summed E-state index contributed by atoms with van der Waals surface area (Å²) in [7, 11) is 0. The highest BCUT2D eigenvalue weighted by Crippen LogP contribution is 2.15. The van der Waals surface area contributed by atoms with Gasteiger partial charge in [0, 0.05) is 0 Å². The predicted molar refractivity (Wildman–Crippen MR) is 62.0 cm³/mol. The SMILES string of the molecule is CCCCC(C)CCCC=C(C)C. The summed E-state index contributed by atoms with van der Waals surface area (Å²) in [6, 6.07) is 0. The van der Waals surface area contributed by atoms with Gasteiger partial charge in [-0.2, -0.15) is 0 Å². The van der Waals surface area contributed by atoms with E-state index in [9.17, 15) is 0 Å². The molecular formula is C13H26. The molecule has 0 aromatic heterocycles. The van der Waals surface area contributed by atoms with Crippen LogP contribution in [0.15, 0.2) is 11.6 Å². The summed E-state index contributed by atoms with van der Waals surface area (Å²) in [5, 5.41) is 0. The van der Waals surface area contributed by atoms with Crippen molar-refractivity contribution < 1.29 is 0 Å². The van der Waals surface area contributed by atoms with Crippen LogP contribution in [0.1, 0.15) is 66.2 Å². The van der Waals surface area contributed by atoms with Gasteiger partial charge in [0.2, 0.25) is 0 Å². The van der Waals surface area contributed by atoms with Gasteiger partial charge in [0.05, 0.1) is 0 Å². The molecule has 0 aromatic rings. The highest BCUT2D eigenvalue weighted by atomic mass is 14.1. The van der Waals surface area contributed by atoms with Crippen molar-refractivity contribution in [1.29, 1.82) is 0 Å². The van der Waals surface area contributed by atoms with E-state index in [0.29, 0.717) is 0 Å². The molecule has 0 aliphatic rings. The molecule has 0 spiro atoms. The second-order valence-corrected chi connectivity index (χ2v) is 4.46. The van der Waals surface area contributed by atoms with Crippen LogP contribution < -0.4 is 0 Å². The van der Waals surface area contributed by atoms with Crippen LogP contribution in [0.4, 0.5) is 0 Å². The van der Waals surface area contributed by atoms with Gasteiger partial charge in [-0.15, -0.1) is 0 Å². The molecule has 0 aliphatic heterocycles. The molecular weight excluding hydrogens is 156 g/mol. The minimum absolute atomic E-state index is 0.936. The number of allylic oxidation sites excluding steroid dienone is 2. The van der Waals surface area contributed by atoms with E-state index in [0.717, 1.165) is 5.92 Å². The van der Waals surface area contributed by atoms with Crippen LogP contribution in [-0.2, 0) is 0 Å². The molecule has 0 aliphatic carbocycles. The second kappa shape index (κ2) is 8.34. The topological polar surface area (TPSA) is 0 Å². The van der Waals surface area contributed by atoms with Crippen LogP contribution in [0, 0.1) is 5.92 Å². The Labute approximate surface area is 84.4 Å². The van der Waals surface area contributed by atoms with Gasteiger partial charge < -0.3 is 0 Å². The van der Waals surface area contributed by atoms with Gasteiger partial charge in [-0.1, -0.05) is 51.2 Å². The molecule has 0 N–H and O–H groups in total. The zero-order valence-electron chi connectivity index (χ0n) is 9.90. The highest BCUT2D eigenvalue weighted by Gasteiger charge is 1.99. The average Bonchev–Trinajstić information content (AvgIpc) is 2.08. The minimum Gasteiger partial charge on any atom is -0.0859 e. The number of hydrogen-bond acceptors (Lipinski definition) is 0. The maximum atomic E-state index is 2.39. The molecule has 0 amide bonds. The lowest BCUT2D eigenvalue weighted by Crippen LogP contribution is -1.93. The maximum absolute atomic E-state index is 2.39. The zero-order valence-corrected chi connectivity index (χ0v) is 9.90. The molecule has 0 fully saturated rings. The number of unbranched alkanes of at least 4 members (excludes halogenated alkanes) is 2. The smallest absolute Gasteiger partial charge is 0.0348 e. The summed E-state index contributed by atoms with van der Waals surface area (Å²) in [6.07, 6.45) is 10.6. The molecule has 78 valence electrons. The normalized spacial score (nSPS) is 12.6. The third-order valence-electron chi connectivity index (χ3n) is 2.50. The van der Waals surface area contributed by atoms with Gasteiger partial charge in [0.15, 0.2) is 0 Å². The van der Waals surface area contributed by atoms with E-state index in [1.807, 2.05) is 0 Å². The summed E-state index contributed by atoms with van der Waals surface area (Å²) < 4.78 is 0. The summed E-state index contributed by atoms with van der Waals surface area (Å²) in [5.41, 5.74) is 1.46. The Morgan fingerprint density at radius 2 is 1.77 bits per heavy atom. The Morgan fingerprint density at radius 3 is 2.31 bits per heavy atom. The van der Waals surface area contributed by atoms with Crippen LogP contribution in [0.2, 0.25) is 0 Å². The first kappa shape index (κ1) is 12.7. The van der Waals surface area contributed by atoms with E-state index in [1.54, 1.807) is 0 Å². The summed E-state index contributed by atoms with van der Waals surface area (Å²) in [5.74, 6) is 0.936. The van der Waals surface area contributed by atoms with Crippen molar-refractivity contribution in [3.05, 3.63) is 11.6 Å². The van der Waals surface area contributed by atoms with Crippen LogP contribution in [0.5, 0.6) is 0 Å². The van der Waals surface area contributed by atoms with Crippen molar-refractivity contribution in [3.63, 3.8) is 0 Å². The lowest BCUT2D eigenvalue weighted by molar-refractivity contribution is 0.458. The Morgan fingerprint density at radius 1 is 1.15 bits per heavy atom. The molecule has 0 aromatic carbocycles. The lowest BCUT2D eigenvalue weighted by atomic mass is 9.98. The van der Waals surface area contributed by atoms with Crippen molar-refractivity contribution in [1.82, 2.24) is 0 Å². The molecule has 0 radical (unpaired) electrons. The standard InChI is InChI=1S/C13H26/c1-5-6-10-13(4)11-8-7-9-12(2)3/h9,13H,5-8,10-11H2,1-4H3. The second-order valence-electron chi connectivity index (χ2n) is 4.46. The van der Waals surface area contributed by atoms with Crippen molar-refractivity contribution >= 4 is 0 Å². The Bertz CT molecular complexity index is 129. The fraction of sp³-hybridized carbons (Fsp3) is 0.846. The average molecular weight is 182 g/mol. The molecule has 1 unspecified atom stereocenters. The molecule has 0 saturated carbocycles. The Balaban J connectivity index is 3.26. The molecule has 0 nitrogen and oxygen atoms in total.